The van der Waals surface area contributed by atoms with E-state index in [0.717, 1.165) is 0 Å². The largest absolute Gasteiger partial charge is 0.378 e. The van der Waals surface area contributed by atoms with Gasteiger partial charge in [0.1, 0.15) is 17.2 Å². The fourth-order valence-corrected chi connectivity index (χ4v) is 3.62. The van der Waals surface area contributed by atoms with Gasteiger partial charge in [0.05, 0.1) is 18.9 Å². The average Bonchev–Trinajstić information content (AvgIpc) is 2.79. The molecule has 2 fully saturated rings. The van der Waals surface area contributed by atoms with Crippen LogP contribution in [-0.4, -0.2) is 79.1 Å². The topological polar surface area (TPSA) is 66.0 Å². The first-order valence-electron chi connectivity index (χ1n) is 9.76. The van der Waals surface area contributed by atoms with E-state index in [0.29, 0.717) is 58.2 Å². The molecule has 2 aliphatic heterocycles. The molecule has 0 atom stereocenters. The van der Waals surface area contributed by atoms with Crippen molar-refractivity contribution in [2.75, 3.05) is 57.4 Å². The Bertz CT molecular complexity index is 893. The number of morpholine rings is 1. The van der Waals surface area contributed by atoms with Crippen LogP contribution in [0.4, 0.5) is 10.1 Å². The van der Waals surface area contributed by atoms with E-state index >= 15 is 0 Å². The number of carbonyl (C=O) groups excluding carboxylic acids is 2. The summed E-state index contributed by atoms with van der Waals surface area (Å²) in [5.41, 5.74) is 1.07. The van der Waals surface area contributed by atoms with Gasteiger partial charge in [-0.25, -0.2) is 9.37 Å². The maximum atomic E-state index is 14.0. The molecule has 0 N–H and O–H groups in total. The molecule has 152 valence electrons. The van der Waals surface area contributed by atoms with Crippen molar-refractivity contribution in [1.82, 2.24) is 14.8 Å². The van der Waals surface area contributed by atoms with Crippen LogP contribution >= 0.6 is 0 Å². The minimum absolute atomic E-state index is 0.188. The van der Waals surface area contributed by atoms with Gasteiger partial charge in [0, 0.05) is 39.3 Å². The molecule has 2 amide bonds. The number of pyridine rings is 1. The van der Waals surface area contributed by atoms with Crippen molar-refractivity contribution in [2.45, 2.75) is 0 Å². The molecule has 0 aliphatic carbocycles. The van der Waals surface area contributed by atoms with Crippen LogP contribution in [0.25, 0.3) is 0 Å². The molecule has 7 nitrogen and oxygen atoms in total. The van der Waals surface area contributed by atoms with Crippen molar-refractivity contribution in [3.05, 3.63) is 59.7 Å². The van der Waals surface area contributed by atoms with E-state index in [1.165, 1.54) is 6.07 Å². The predicted molar refractivity (Wildman–Crippen MR) is 105 cm³/mol. The number of ether oxygens (including phenoxy) is 1. The Labute approximate surface area is 168 Å². The van der Waals surface area contributed by atoms with Gasteiger partial charge in [-0.2, -0.15) is 0 Å². The third-order valence-corrected chi connectivity index (χ3v) is 5.25. The summed E-state index contributed by atoms with van der Waals surface area (Å²) < 4.78 is 19.3. The van der Waals surface area contributed by atoms with Gasteiger partial charge in [-0.3, -0.25) is 9.59 Å². The lowest BCUT2D eigenvalue weighted by atomic mass is 10.2. The van der Waals surface area contributed by atoms with Crippen LogP contribution in [0.1, 0.15) is 21.0 Å². The van der Waals surface area contributed by atoms with Crippen LogP contribution in [0.5, 0.6) is 0 Å². The van der Waals surface area contributed by atoms with Gasteiger partial charge in [0.15, 0.2) is 0 Å². The Hall–Kier alpha value is -3.00. The third-order valence-electron chi connectivity index (χ3n) is 5.25. The van der Waals surface area contributed by atoms with Crippen LogP contribution < -0.4 is 4.90 Å². The number of anilines is 1. The van der Waals surface area contributed by atoms with Gasteiger partial charge < -0.3 is 19.4 Å². The Morgan fingerprint density at radius 3 is 2.00 bits per heavy atom. The summed E-state index contributed by atoms with van der Waals surface area (Å²) in [4.78, 5) is 35.1. The molecule has 2 saturated heterocycles. The van der Waals surface area contributed by atoms with Crippen molar-refractivity contribution in [3.63, 3.8) is 0 Å². The van der Waals surface area contributed by atoms with E-state index in [9.17, 15) is 14.0 Å². The maximum absolute atomic E-state index is 14.0. The lowest BCUT2D eigenvalue weighted by molar-refractivity contribution is 0.0299. The van der Waals surface area contributed by atoms with E-state index in [1.807, 2.05) is 4.90 Å². The fraction of sp³-hybridized carbons (Fsp3) is 0.381. The quantitative estimate of drug-likeness (QED) is 0.787. The molecule has 0 radical (unpaired) electrons. The maximum Gasteiger partial charge on any atom is 0.272 e. The van der Waals surface area contributed by atoms with Crippen molar-refractivity contribution in [1.29, 1.82) is 0 Å². The monoisotopic (exact) mass is 398 g/mol. The summed E-state index contributed by atoms with van der Waals surface area (Å²) in [6, 6.07) is 11.6. The molecule has 1 aromatic carbocycles. The molecule has 2 aliphatic rings. The number of piperazine rings is 1. The number of para-hydroxylation sites is 1. The van der Waals surface area contributed by atoms with E-state index in [1.54, 1.807) is 46.2 Å². The standard InChI is InChI=1S/C21H23FN4O3/c22-16-4-1-2-7-19(16)24-8-10-25(11-9-24)20(27)17-5-3-6-18(23-17)21(28)26-12-14-29-15-13-26/h1-7H,8-15H2. The lowest BCUT2D eigenvalue weighted by Gasteiger charge is -2.36. The van der Waals surface area contributed by atoms with Gasteiger partial charge in [-0.05, 0) is 24.3 Å². The molecule has 3 heterocycles. The van der Waals surface area contributed by atoms with Gasteiger partial charge in [0.25, 0.3) is 11.8 Å². The van der Waals surface area contributed by atoms with Gasteiger partial charge >= 0.3 is 0 Å². The first-order valence-corrected chi connectivity index (χ1v) is 9.76. The van der Waals surface area contributed by atoms with Crippen molar-refractivity contribution in [2.24, 2.45) is 0 Å². The Morgan fingerprint density at radius 1 is 0.793 bits per heavy atom. The van der Waals surface area contributed by atoms with Gasteiger partial charge in [0.2, 0.25) is 0 Å². The van der Waals surface area contributed by atoms with E-state index in [4.69, 9.17) is 4.74 Å². The molecule has 0 saturated carbocycles. The van der Waals surface area contributed by atoms with E-state index in [2.05, 4.69) is 4.98 Å². The van der Waals surface area contributed by atoms with Crippen LogP contribution in [0.15, 0.2) is 42.5 Å². The molecule has 0 unspecified atom stereocenters. The number of nitrogens with zero attached hydrogens (tertiary/aromatic N) is 4. The van der Waals surface area contributed by atoms with Crippen LogP contribution in [0.2, 0.25) is 0 Å². The zero-order valence-electron chi connectivity index (χ0n) is 16.1. The number of hydrogen-bond donors (Lipinski definition) is 0. The second-order valence-electron chi connectivity index (χ2n) is 7.04. The summed E-state index contributed by atoms with van der Waals surface area (Å²) in [6.45, 7) is 4.09. The second kappa shape index (κ2) is 8.57. The average molecular weight is 398 g/mol. The Morgan fingerprint density at radius 2 is 1.38 bits per heavy atom. The molecule has 4 rings (SSSR count). The number of halogens is 1. The summed E-state index contributed by atoms with van der Waals surface area (Å²) in [5, 5.41) is 0. The first kappa shape index (κ1) is 19.3. The van der Waals surface area contributed by atoms with Gasteiger partial charge in [-0.1, -0.05) is 18.2 Å². The van der Waals surface area contributed by atoms with Crippen LogP contribution in [0, 0.1) is 5.82 Å². The van der Waals surface area contributed by atoms with E-state index in [-0.39, 0.29) is 29.0 Å². The zero-order chi connectivity index (χ0) is 20.2. The molecule has 0 spiro atoms. The number of rotatable bonds is 3. The molecular formula is C21H23FN4O3. The number of aromatic nitrogens is 1. The van der Waals surface area contributed by atoms with Crippen molar-refractivity contribution >= 4 is 17.5 Å². The summed E-state index contributed by atoms with van der Waals surface area (Å²) in [7, 11) is 0. The normalized spacial score (nSPS) is 17.3. The number of carbonyl (C=O) groups is 2. The fourth-order valence-electron chi connectivity index (χ4n) is 3.62. The highest BCUT2D eigenvalue weighted by Crippen LogP contribution is 2.20. The number of amides is 2. The zero-order valence-corrected chi connectivity index (χ0v) is 16.1. The van der Waals surface area contributed by atoms with Crippen LogP contribution in [0.3, 0.4) is 0 Å². The molecule has 2 aromatic rings. The molecular weight excluding hydrogens is 375 g/mol. The summed E-state index contributed by atoms with van der Waals surface area (Å²) in [5.74, 6) is -0.662. The summed E-state index contributed by atoms with van der Waals surface area (Å²) >= 11 is 0. The Kier molecular flexibility index (Phi) is 5.71. The smallest absolute Gasteiger partial charge is 0.272 e. The van der Waals surface area contributed by atoms with Crippen LogP contribution in [-0.2, 0) is 4.74 Å². The highest BCUT2D eigenvalue weighted by Gasteiger charge is 2.26. The highest BCUT2D eigenvalue weighted by molar-refractivity contribution is 5.96. The minimum Gasteiger partial charge on any atom is -0.378 e. The molecule has 8 heteroatoms. The highest BCUT2D eigenvalue weighted by atomic mass is 19.1. The SMILES string of the molecule is O=C(c1cccc(C(=O)N2CCN(c3ccccc3F)CC2)n1)N1CCOCC1. The molecule has 29 heavy (non-hydrogen) atoms. The van der Waals surface area contributed by atoms with Crippen molar-refractivity contribution in [3.8, 4) is 0 Å². The summed E-state index contributed by atoms with van der Waals surface area (Å²) in [6.07, 6.45) is 0. The Balaban J connectivity index is 1.41. The van der Waals surface area contributed by atoms with E-state index < -0.39 is 0 Å². The van der Waals surface area contributed by atoms with Crippen molar-refractivity contribution < 1.29 is 18.7 Å². The molecule has 1 aromatic heterocycles. The van der Waals surface area contributed by atoms with Gasteiger partial charge in [-0.15, -0.1) is 0 Å². The minimum atomic E-state index is -0.261. The second-order valence-corrected chi connectivity index (χ2v) is 7.04. The molecule has 0 bridgehead atoms. The third kappa shape index (κ3) is 4.22. The number of hydrogen-bond acceptors (Lipinski definition) is 5. The number of benzene rings is 1. The lowest BCUT2D eigenvalue weighted by Crippen LogP contribution is -2.49. The predicted octanol–water partition coefficient (Wildman–Crippen LogP) is 1.66. The first-order chi connectivity index (χ1) is 14.1.